The lowest BCUT2D eigenvalue weighted by atomic mass is 10.2. The molecule has 5 nitrogen and oxygen atoms in total. The number of hydrogen-bond donors (Lipinski definition) is 1. The van der Waals surface area contributed by atoms with Crippen LogP contribution in [0.4, 0.5) is 0 Å². The molecule has 2 rings (SSSR count). The van der Waals surface area contributed by atoms with Gasteiger partial charge in [0.1, 0.15) is 4.21 Å². The average Bonchev–Trinajstić information content (AvgIpc) is 2.97. The summed E-state index contributed by atoms with van der Waals surface area (Å²) >= 11 is 1.14. The van der Waals surface area contributed by atoms with Gasteiger partial charge in [0.15, 0.2) is 19.7 Å². The topological polar surface area (TPSA) is 80.3 Å². The van der Waals surface area contributed by atoms with Crippen molar-refractivity contribution in [3.05, 3.63) is 17.5 Å². The van der Waals surface area contributed by atoms with E-state index in [0.29, 0.717) is 6.54 Å². The van der Waals surface area contributed by atoms with E-state index in [1.165, 1.54) is 6.07 Å². The number of rotatable bonds is 6. The van der Waals surface area contributed by atoms with Crippen molar-refractivity contribution in [2.24, 2.45) is 0 Å². The molecule has 0 spiro atoms. The Morgan fingerprint density at radius 3 is 2.75 bits per heavy atom. The Morgan fingerprint density at radius 1 is 1.40 bits per heavy atom. The fourth-order valence-electron chi connectivity index (χ4n) is 2.35. The van der Waals surface area contributed by atoms with E-state index in [-0.39, 0.29) is 15.7 Å². The summed E-state index contributed by atoms with van der Waals surface area (Å²) in [5.41, 5.74) is 0. The number of hydrogen-bond acceptors (Lipinski definition) is 6. The maximum absolute atomic E-state index is 12.5. The van der Waals surface area contributed by atoms with E-state index in [9.17, 15) is 16.8 Å². The highest BCUT2D eigenvalue weighted by Crippen LogP contribution is 2.28. The van der Waals surface area contributed by atoms with Crippen LogP contribution in [0.2, 0.25) is 0 Å². The zero-order chi connectivity index (χ0) is 14.8. The molecule has 2 heterocycles. The molecule has 114 valence electrons. The maximum atomic E-state index is 12.5. The van der Waals surface area contributed by atoms with Crippen molar-refractivity contribution >= 4 is 31.0 Å². The fourth-order valence-corrected chi connectivity index (χ4v) is 8.29. The van der Waals surface area contributed by atoms with E-state index in [0.717, 1.165) is 24.2 Å². The first-order valence-electron chi connectivity index (χ1n) is 6.58. The van der Waals surface area contributed by atoms with Crippen LogP contribution in [0.25, 0.3) is 0 Å². The summed E-state index contributed by atoms with van der Waals surface area (Å²) in [6.45, 7) is 2.68. The van der Waals surface area contributed by atoms with Crippen molar-refractivity contribution in [2.75, 3.05) is 18.1 Å². The molecule has 8 heteroatoms. The molecule has 0 amide bonds. The van der Waals surface area contributed by atoms with Gasteiger partial charge in [-0.1, -0.05) is 19.4 Å². The Balaban J connectivity index is 2.23. The van der Waals surface area contributed by atoms with E-state index in [1.54, 1.807) is 11.4 Å². The highest BCUT2D eigenvalue weighted by atomic mass is 32.2. The second kappa shape index (κ2) is 6.13. The molecule has 1 aliphatic rings. The molecular formula is C12H19NO4S3. The highest BCUT2D eigenvalue weighted by molar-refractivity contribution is 7.97. The number of sulfone groups is 2. The fraction of sp³-hybridized carbons (Fsp3) is 0.667. The summed E-state index contributed by atoms with van der Waals surface area (Å²) in [5.74, 6) is -0.372. The van der Waals surface area contributed by atoms with Gasteiger partial charge in [-0.25, -0.2) is 16.8 Å². The van der Waals surface area contributed by atoms with Gasteiger partial charge in [-0.05, 0) is 24.4 Å². The van der Waals surface area contributed by atoms with Gasteiger partial charge in [0, 0.05) is 6.04 Å². The summed E-state index contributed by atoms with van der Waals surface area (Å²) < 4.78 is 48.9. The first kappa shape index (κ1) is 15.9. The second-order valence-corrected chi connectivity index (χ2v) is 10.5. The number of nitrogens with one attached hydrogen (secondary N) is 1. The van der Waals surface area contributed by atoms with Crippen molar-refractivity contribution in [3.63, 3.8) is 0 Å². The minimum atomic E-state index is -3.58. The van der Waals surface area contributed by atoms with Crippen LogP contribution in [0.15, 0.2) is 21.7 Å². The third kappa shape index (κ3) is 3.41. The third-order valence-corrected chi connectivity index (χ3v) is 8.99. The zero-order valence-electron chi connectivity index (χ0n) is 11.3. The highest BCUT2D eigenvalue weighted by Gasteiger charge is 2.45. The molecule has 0 radical (unpaired) electrons. The van der Waals surface area contributed by atoms with Crippen LogP contribution in [0.1, 0.15) is 19.8 Å². The van der Waals surface area contributed by atoms with E-state index in [4.69, 9.17) is 0 Å². The molecule has 0 bridgehead atoms. The molecule has 20 heavy (non-hydrogen) atoms. The van der Waals surface area contributed by atoms with Gasteiger partial charge in [0.2, 0.25) is 0 Å². The van der Waals surface area contributed by atoms with E-state index in [2.05, 4.69) is 5.32 Å². The Hall–Kier alpha value is -0.440. The molecule has 1 aliphatic heterocycles. The van der Waals surface area contributed by atoms with Crippen molar-refractivity contribution < 1.29 is 16.8 Å². The Labute approximate surface area is 124 Å². The van der Waals surface area contributed by atoms with Crippen molar-refractivity contribution in [1.82, 2.24) is 5.32 Å². The van der Waals surface area contributed by atoms with E-state index >= 15 is 0 Å². The van der Waals surface area contributed by atoms with Gasteiger partial charge in [-0.2, -0.15) is 0 Å². The molecule has 1 fully saturated rings. The summed E-state index contributed by atoms with van der Waals surface area (Å²) in [6.07, 6.45) is 1.89. The van der Waals surface area contributed by atoms with Gasteiger partial charge in [-0.15, -0.1) is 11.3 Å². The second-order valence-electron chi connectivity index (χ2n) is 5.01. The minimum absolute atomic E-state index is 0.0913. The Kier molecular flexibility index (Phi) is 4.88. The minimum Gasteiger partial charge on any atom is -0.312 e. The summed E-state index contributed by atoms with van der Waals surface area (Å²) in [4.78, 5) is 0. The van der Waals surface area contributed by atoms with Crippen LogP contribution in [0.3, 0.4) is 0 Å². The molecule has 0 aliphatic carbocycles. The monoisotopic (exact) mass is 337 g/mol. The lowest BCUT2D eigenvalue weighted by Crippen LogP contribution is -2.43. The third-order valence-electron chi connectivity index (χ3n) is 3.41. The quantitative estimate of drug-likeness (QED) is 0.786. The maximum Gasteiger partial charge on any atom is 0.193 e. The van der Waals surface area contributed by atoms with Crippen LogP contribution in [0, 0.1) is 0 Å². The molecule has 2 atom stereocenters. The van der Waals surface area contributed by atoms with Crippen LogP contribution in [-0.2, 0) is 19.7 Å². The molecule has 0 saturated carbocycles. The molecule has 1 aromatic rings. The van der Waals surface area contributed by atoms with Crippen LogP contribution >= 0.6 is 11.3 Å². The van der Waals surface area contributed by atoms with Crippen LogP contribution in [0.5, 0.6) is 0 Å². The SMILES string of the molecule is CCCCN[C@@H]1CS(=O)(=O)C[C@H]1S(=O)(=O)c1cccs1. The smallest absolute Gasteiger partial charge is 0.193 e. The predicted molar refractivity (Wildman–Crippen MR) is 80.6 cm³/mol. The summed E-state index contributed by atoms with van der Waals surface area (Å²) in [6, 6.07) is 2.70. The zero-order valence-corrected chi connectivity index (χ0v) is 13.7. The van der Waals surface area contributed by atoms with Gasteiger partial charge >= 0.3 is 0 Å². The molecule has 1 aromatic heterocycles. The summed E-state index contributed by atoms with van der Waals surface area (Å²) in [5, 5.41) is 3.92. The van der Waals surface area contributed by atoms with Crippen LogP contribution in [-0.4, -0.2) is 46.2 Å². The van der Waals surface area contributed by atoms with Gasteiger partial charge in [0.25, 0.3) is 0 Å². The van der Waals surface area contributed by atoms with Gasteiger partial charge in [-0.3, -0.25) is 0 Å². The molecular weight excluding hydrogens is 318 g/mol. The molecule has 0 unspecified atom stereocenters. The van der Waals surface area contributed by atoms with Crippen molar-refractivity contribution in [2.45, 2.75) is 35.3 Å². The van der Waals surface area contributed by atoms with Gasteiger partial charge < -0.3 is 5.32 Å². The first-order valence-corrected chi connectivity index (χ1v) is 10.8. The molecule has 0 aromatic carbocycles. The van der Waals surface area contributed by atoms with Crippen molar-refractivity contribution in [1.29, 1.82) is 0 Å². The lowest BCUT2D eigenvalue weighted by Gasteiger charge is -2.19. The number of unbranched alkanes of at least 4 members (excludes halogenated alkanes) is 1. The van der Waals surface area contributed by atoms with Crippen LogP contribution < -0.4 is 5.32 Å². The summed E-state index contributed by atoms with van der Waals surface area (Å²) in [7, 11) is -6.87. The lowest BCUT2D eigenvalue weighted by molar-refractivity contribution is 0.519. The first-order chi connectivity index (χ1) is 9.37. The normalized spacial score (nSPS) is 25.9. The standard InChI is InChI=1S/C12H19NO4S3/c1-2-3-6-13-10-8-19(14,15)9-11(10)20(16,17)12-5-4-7-18-12/h4-5,7,10-11,13H,2-3,6,8-9H2,1H3/t10-,11-/m1/s1. The van der Waals surface area contributed by atoms with E-state index < -0.39 is 31.0 Å². The largest absolute Gasteiger partial charge is 0.312 e. The Bertz CT molecular complexity index is 634. The van der Waals surface area contributed by atoms with Crippen molar-refractivity contribution in [3.8, 4) is 0 Å². The van der Waals surface area contributed by atoms with E-state index in [1.807, 2.05) is 6.92 Å². The Morgan fingerprint density at radius 2 is 2.15 bits per heavy atom. The molecule has 1 saturated heterocycles. The predicted octanol–water partition coefficient (Wildman–Crippen LogP) is 1.08. The average molecular weight is 337 g/mol. The number of thiophene rings is 1. The van der Waals surface area contributed by atoms with Gasteiger partial charge in [0.05, 0.1) is 16.8 Å². The molecule has 1 N–H and O–H groups in total.